The standard InChI is InChI=1S/C3H5GeO3/c1-2(4-7)3(5)6/h2H,1H3,(H,5,6). The predicted molar refractivity (Wildman–Crippen MR) is 23.5 cm³/mol. The molecule has 0 aromatic heterocycles. The molecule has 0 aromatic carbocycles. The topological polar surface area (TPSA) is 54.4 Å². The van der Waals surface area contributed by atoms with E-state index in [9.17, 15) is 8.57 Å². The zero-order valence-corrected chi connectivity index (χ0v) is 5.94. The van der Waals surface area contributed by atoms with Gasteiger partial charge in [-0.05, 0) is 0 Å². The molecular formula is C3H5GeO3. The van der Waals surface area contributed by atoms with Gasteiger partial charge < -0.3 is 0 Å². The first kappa shape index (κ1) is 6.81. The van der Waals surface area contributed by atoms with E-state index in [1.165, 1.54) is 6.92 Å². The second kappa shape index (κ2) is 2.90. The van der Waals surface area contributed by atoms with E-state index in [1.54, 1.807) is 0 Å². The van der Waals surface area contributed by atoms with E-state index in [0.717, 1.165) is 0 Å². The monoisotopic (exact) mass is 163 g/mol. The minimum atomic E-state index is -1.46. The third-order valence-corrected chi connectivity index (χ3v) is 1.81. The fourth-order valence-corrected chi connectivity index (χ4v) is 0.262. The number of carboxylic acids is 1. The van der Waals surface area contributed by atoms with Crippen molar-refractivity contribution in [2.45, 2.75) is 11.7 Å². The summed E-state index contributed by atoms with van der Waals surface area (Å²) in [4.78, 5) is 9.76. The Morgan fingerprint density at radius 1 is 1.86 bits per heavy atom. The van der Waals surface area contributed by atoms with E-state index in [-0.39, 0.29) is 0 Å². The molecule has 0 aliphatic rings. The molecule has 0 aliphatic carbocycles. The summed E-state index contributed by atoms with van der Waals surface area (Å²) in [6.45, 7) is 1.44. The van der Waals surface area contributed by atoms with Gasteiger partial charge in [0.15, 0.2) is 0 Å². The molecule has 0 rings (SSSR count). The Kier molecular flexibility index (Phi) is 2.82. The van der Waals surface area contributed by atoms with Gasteiger partial charge in [-0.15, -0.1) is 0 Å². The van der Waals surface area contributed by atoms with Gasteiger partial charge in [-0.1, -0.05) is 0 Å². The maximum atomic E-state index is 9.82. The number of rotatable bonds is 2. The number of aliphatic carboxylic acids is 1. The van der Waals surface area contributed by atoms with Crippen LogP contribution in [0.1, 0.15) is 6.92 Å². The third-order valence-electron chi connectivity index (χ3n) is 0.547. The SMILES string of the molecule is C[CH]([Ge]=[O])C(=O)O. The number of hydrogen-bond donors (Lipinski definition) is 1. The molecule has 7 heavy (non-hydrogen) atoms. The normalized spacial score (nSPS) is 12.7. The summed E-state index contributed by atoms with van der Waals surface area (Å²) in [5, 5.41) is 8.01. The molecule has 0 saturated heterocycles. The van der Waals surface area contributed by atoms with Crippen LogP contribution in [0, 0.1) is 0 Å². The number of hydrogen-bond acceptors (Lipinski definition) is 2. The van der Waals surface area contributed by atoms with Crippen LogP contribution in [0.4, 0.5) is 0 Å². The van der Waals surface area contributed by atoms with Crippen LogP contribution in [0.2, 0.25) is 4.75 Å². The van der Waals surface area contributed by atoms with Crippen LogP contribution in [0.3, 0.4) is 0 Å². The van der Waals surface area contributed by atoms with Gasteiger partial charge in [-0.3, -0.25) is 0 Å². The van der Waals surface area contributed by atoms with Gasteiger partial charge in [0.25, 0.3) is 0 Å². The molecule has 3 nitrogen and oxygen atoms in total. The van der Waals surface area contributed by atoms with Gasteiger partial charge in [0.1, 0.15) is 0 Å². The molecule has 0 amide bonds. The Morgan fingerprint density at radius 2 is 2.29 bits per heavy atom. The van der Waals surface area contributed by atoms with Crippen molar-refractivity contribution in [3.8, 4) is 0 Å². The Labute approximate surface area is 47.4 Å². The van der Waals surface area contributed by atoms with Crippen LogP contribution >= 0.6 is 0 Å². The summed E-state index contributed by atoms with van der Waals surface area (Å²) in [6.07, 6.45) is 0. The summed E-state index contributed by atoms with van der Waals surface area (Å²) in [7, 11) is 0. The minimum absolute atomic E-state index is 0.611. The molecule has 0 heterocycles. The molecule has 0 aromatic rings. The molecule has 1 unspecified atom stereocenters. The molecular weight excluding hydrogens is 157 g/mol. The van der Waals surface area contributed by atoms with Crippen LogP contribution in [0.25, 0.3) is 0 Å². The van der Waals surface area contributed by atoms with Gasteiger partial charge in [0.05, 0.1) is 0 Å². The van der Waals surface area contributed by atoms with Gasteiger partial charge in [-0.2, -0.15) is 0 Å². The van der Waals surface area contributed by atoms with Crippen LogP contribution < -0.4 is 0 Å². The van der Waals surface area contributed by atoms with Gasteiger partial charge in [-0.25, -0.2) is 0 Å². The van der Waals surface area contributed by atoms with E-state index in [0.29, 0.717) is 0 Å². The Hall–Kier alpha value is -0.187. The van der Waals surface area contributed by atoms with Crippen molar-refractivity contribution in [2.24, 2.45) is 0 Å². The van der Waals surface area contributed by atoms with Gasteiger partial charge in [0.2, 0.25) is 0 Å². The van der Waals surface area contributed by atoms with Crippen molar-refractivity contribution in [1.82, 2.24) is 0 Å². The van der Waals surface area contributed by atoms with E-state index in [2.05, 4.69) is 0 Å². The Balaban J connectivity index is 3.55. The van der Waals surface area contributed by atoms with Crippen LogP contribution in [-0.4, -0.2) is 26.4 Å². The van der Waals surface area contributed by atoms with Gasteiger partial charge in [0, 0.05) is 0 Å². The molecule has 0 bridgehead atoms. The predicted octanol–water partition coefficient (Wildman–Crippen LogP) is -0.0709. The average molecular weight is 162 g/mol. The zero-order chi connectivity index (χ0) is 5.86. The van der Waals surface area contributed by atoms with E-state index < -0.39 is 26.1 Å². The summed E-state index contributed by atoms with van der Waals surface area (Å²) >= 11 is -1.46. The van der Waals surface area contributed by atoms with Crippen molar-refractivity contribution in [3.05, 3.63) is 0 Å². The molecule has 0 saturated carbocycles. The average Bonchev–Trinajstić information content (AvgIpc) is 1.65. The van der Waals surface area contributed by atoms with Crippen molar-refractivity contribution >= 4 is 21.3 Å². The molecule has 4 heteroatoms. The molecule has 1 atom stereocenters. The van der Waals surface area contributed by atoms with Crippen LogP contribution in [0.15, 0.2) is 0 Å². The number of carboxylic acid groups (broad SMARTS) is 1. The Bertz CT molecular complexity index is 90.2. The molecule has 1 radical (unpaired) electrons. The van der Waals surface area contributed by atoms with Crippen molar-refractivity contribution in [2.75, 3.05) is 0 Å². The third kappa shape index (κ3) is 2.50. The number of carbonyl (C=O) groups is 1. The first-order chi connectivity index (χ1) is 3.18. The fourth-order valence-electron chi connectivity index (χ4n) is 0.0504. The Morgan fingerprint density at radius 3 is 2.29 bits per heavy atom. The first-order valence-corrected chi connectivity index (χ1v) is 3.85. The van der Waals surface area contributed by atoms with Gasteiger partial charge >= 0.3 is 46.7 Å². The molecule has 0 spiro atoms. The summed E-state index contributed by atoms with van der Waals surface area (Å²) in [6, 6.07) is 0. The fraction of sp³-hybridized carbons (Fsp3) is 0.667. The molecule has 39 valence electrons. The van der Waals surface area contributed by atoms with E-state index >= 15 is 0 Å². The molecule has 0 aliphatic heterocycles. The van der Waals surface area contributed by atoms with E-state index in [1.807, 2.05) is 0 Å². The summed E-state index contributed by atoms with van der Waals surface area (Å²) in [5.74, 6) is -0.963. The molecule has 0 fully saturated rings. The quantitative estimate of drug-likeness (QED) is 0.577. The van der Waals surface area contributed by atoms with Crippen LogP contribution in [0.5, 0.6) is 0 Å². The summed E-state index contributed by atoms with van der Waals surface area (Å²) < 4.78 is 9.20. The molecule has 1 N–H and O–H groups in total. The van der Waals surface area contributed by atoms with E-state index in [4.69, 9.17) is 5.11 Å². The van der Waals surface area contributed by atoms with Crippen molar-refractivity contribution < 1.29 is 13.7 Å². The second-order valence-corrected chi connectivity index (χ2v) is 3.49. The first-order valence-electron chi connectivity index (χ1n) is 1.79. The second-order valence-electron chi connectivity index (χ2n) is 1.18. The zero-order valence-electron chi connectivity index (χ0n) is 3.84. The van der Waals surface area contributed by atoms with Crippen molar-refractivity contribution in [3.63, 3.8) is 0 Å². The summed E-state index contributed by atoms with van der Waals surface area (Å²) in [5.41, 5.74) is 0. The maximum absolute atomic E-state index is 9.82. The van der Waals surface area contributed by atoms with Crippen LogP contribution in [-0.2, 0) is 8.57 Å². The van der Waals surface area contributed by atoms with Crippen molar-refractivity contribution in [1.29, 1.82) is 0 Å².